The van der Waals surface area contributed by atoms with E-state index in [1.807, 2.05) is 6.08 Å². The normalized spacial score (nSPS) is 31.3. The molecule has 3 aliphatic rings. The zero-order valence-electron chi connectivity index (χ0n) is 14.4. The summed E-state index contributed by atoms with van der Waals surface area (Å²) in [5.41, 5.74) is 0.308. The van der Waals surface area contributed by atoms with Gasteiger partial charge >= 0.3 is 0 Å². The lowest BCUT2D eigenvalue weighted by atomic mass is 10.0. The third kappa shape index (κ3) is 4.94. The number of allylic oxidation sites excluding steroid dienone is 2. The van der Waals surface area contributed by atoms with Crippen LogP contribution in [0.5, 0.6) is 0 Å². The highest BCUT2D eigenvalue weighted by atomic mass is 32.2. The summed E-state index contributed by atoms with van der Waals surface area (Å²) in [5, 5.41) is 13.9. The summed E-state index contributed by atoms with van der Waals surface area (Å²) in [6.45, 7) is 1.13. The third-order valence-corrected chi connectivity index (χ3v) is 6.15. The van der Waals surface area contributed by atoms with E-state index in [1.165, 1.54) is 17.8 Å². The summed E-state index contributed by atoms with van der Waals surface area (Å²) in [6, 6.07) is -0.975. The maximum absolute atomic E-state index is 13.2. The van der Waals surface area contributed by atoms with Crippen LogP contribution in [0.15, 0.2) is 34.8 Å². The molecular formula is C18H23FN2O4S. The van der Waals surface area contributed by atoms with Crippen molar-refractivity contribution >= 4 is 17.7 Å². The fraction of sp³-hybridized carbons (Fsp3) is 0.611. The molecule has 26 heavy (non-hydrogen) atoms. The average molecular weight is 382 g/mol. The van der Waals surface area contributed by atoms with Gasteiger partial charge in [-0.1, -0.05) is 18.2 Å². The van der Waals surface area contributed by atoms with Crippen molar-refractivity contribution in [3.63, 3.8) is 0 Å². The van der Waals surface area contributed by atoms with Crippen molar-refractivity contribution < 1.29 is 18.8 Å². The van der Waals surface area contributed by atoms with Crippen LogP contribution < -0.4 is 5.32 Å². The van der Waals surface area contributed by atoms with Gasteiger partial charge in [-0.25, -0.2) is 4.39 Å². The molecule has 6 nitrogen and oxygen atoms in total. The van der Waals surface area contributed by atoms with Crippen LogP contribution in [0.2, 0.25) is 0 Å². The van der Waals surface area contributed by atoms with Crippen LogP contribution >= 0.6 is 11.8 Å². The molecule has 0 saturated carbocycles. The Balaban J connectivity index is 1.60. The molecular weight excluding hydrogens is 359 g/mol. The largest absolute Gasteiger partial charge is 0.376 e. The molecule has 1 heterocycles. The number of alkyl halides is 1. The summed E-state index contributed by atoms with van der Waals surface area (Å²) in [5.74, 6) is -0.316. The van der Waals surface area contributed by atoms with Crippen LogP contribution in [0.25, 0.3) is 0 Å². The molecule has 4 atom stereocenters. The number of carbonyl (C=O) groups excluding carboxylic acids is 1. The number of halogens is 1. The van der Waals surface area contributed by atoms with E-state index < -0.39 is 12.2 Å². The number of ether oxygens (including phenoxy) is 1. The quantitative estimate of drug-likeness (QED) is 0.564. The molecule has 0 radical (unpaired) electrons. The van der Waals surface area contributed by atoms with E-state index in [0.29, 0.717) is 38.0 Å². The third-order valence-electron chi connectivity index (χ3n) is 4.76. The molecule has 0 aromatic rings. The van der Waals surface area contributed by atoms with E-state index in [-0.39, 0.29) is 22.2 Å². The number of thioether (sulfide) groups is 1. The fourth-order valence-corrected chi connectivity index (χ4v) is 4.51. The van der Waals surface area contributed by atoms with Crippen molar-refractivity contribution in [2.75, 3.05) is 13.2 Å². The molecule has 4 unspecified atom stereocenters. The highest BCUT2D eigenvalue weighted by Crippen LogP contribution is 2.36. The van der Waals surface area contributed by atoms with Gasteiger partial charge in [0.2, 0.25) is 6.04 Å². The molecule has 1 amide bonds. The fourth-order valence-electron chi connectivity index (χ4n) is 3.26. The van der Waals surface area contributed by atoms with Gasteiger partial charge in [-0.3, -0.25) is 14.9 Å². The molecule has 1 saturated heterocycles. The van der Waals surface area contributed by atoms with E-state index in [1.54, 1.807) is 12.2 Å². The second-order valence-corrected chi connectivity index (χ2v) is 8.03. The average Bonchev–Trinajstić information content (AvgIpc) is 3.15. The van der Waals surface area contributed by atoms with Crippen LogP contribution in [0, 0.1) is 10.1 Å². The maximum Gasteiger partial charge on any atom is 0.251 e. The summed E-state index contributed by atoms with van der Waals surface area (Å²) < 4.78 is 18.7. The van der Waals surface area contributed by atoms with Gasteiger partial charge in [-0.2, -0.15) is 0 Å². The molecule has 0 aromatic carbocycles. The van der Waals surface area contributed by atoms with Gasteiger partial charge in [-0.05, 0) is 37.0 Å². The van der Waals surface area contributed by atoms with Gasteiger partial charge in [-0.15, -0.1) is 11.8 Å². The van der Waals surface area contributed by atoms with Gasteiger partial charge in [0.25, 0.3) is 5.91 Å². The van der Waals surface area contributed by atoms with Crippen molar-refractivity contribution in [1.29, 1.82) is 0 Å². The minimum Gasteiger partial charge on any atom is -0.376 e. The Morgan fingerprint density at radius 2 is 2.31 bits per heavy atom. The minimum absolute atomic E-state index is 0.0271. The molecule has 1 aliphatic heterocycles. The van der Waals surface area contributed by atoms with Gasteiger partial charge in [0.05, 0.1) is 11.4 Å². The Morgan fingerprint density at radius 3 is 2.96 bits per heavy atom. The predicted octanol–water partition coefficient (Wildman–Crippen LogP) is 2.93. The Kier molecular flexibility index (Phi) is 6.48. The number of carbonyl (C=O) groups is 1. The minimum atomic E-state index is -0.975. The summed E-state index contributed by atoms with van der Waals surface area (Å²) in [6.07, 6.45) is 9.17. The molecule has 0 bridgehead atoms. The molecule has 1 fully saturated rings. The van der Waals surface area contributed by atoms with Gasteiger partial charge < -0.3 is 10.1 Å². The molecule has 8 heteroatoms. The zero-order chi connectivity index (χ0) is 18.5. The first-order valence-corrected chi connectivity index (χ1v) is 9.84. The Bertz CT molecular complexity index is 643. The lowest BCUT2D eigenvalue weighted by Crippen LogP contribution is -2.36. The topological polar surface area (TPSA) is 81.5 Å². The van der Waals surface area contributed by atoms with Crippen LogP contribution in [0.3, 0.4) is 0 Å². The van der Waals surface area contributed by atoms with Crippen LogP contribution in [0.1, 0.15) is 32.1 Å². The summed E-state index contributed by atoms with van der Waals surface area (Å²) >= 11 is 1.40. The summed E-state index contributed by atoms with van der Waals surface area (Å²) in [4.78, 5) is 24.4. The number of nitrogens with zero attached hydrogens (tertiary/aromatic N) is 1. The first-order valence-electron chi connectivity index (χ1n) is 8.96. The van der Waals surface area contributed by atoms with Crippen LogP contribution in [-0.2, 0) is 9.53 Å². The molecule has 2 aliphatic carbocycles. The van der Waals surface area contributed by atoms with E-state index in [9.17, 15) is 19.3 Å². The smallest absolute Gasteiger partial charge is 0.251 e. The maximum atomic E-state index is 13.2. The number of amides is 1. The first kappa shape index (κ1) is 19.1. The number of rotatable bonds is 6. The van der Waals surface area contributed by atoms with Gasteiger partial charge in [0.15, 0.2) is 0 Å². The second kappa shape index (κ2) is 8.81. The number of hydrogen-bond acceptors (Lipinski definition) is 5. The zero-order valence-corrected chi connectivity index (χ0v) is 15.3. The Hall–Kier alpha value is -1.67. The monoisotopic (exact) mass is 382 g/mol. The highest BCUT2D eigenvalue weighted by molar-refractivity contribution is 8.03. The lowest BCUT2D eigenvalue weighted by Gasteiger charge is -2.23. The SMILES string of the molecule is O=C(NCC1CCCO1)C1=CC([N+](=O)[O-])C(SC2=CCC(F)CC2)C=C1. The van der Waals surface area contributed by atoms with Crippen LogP contribution in [0.4, 0.5) is 4.39 Å². The van der Waals surface area contributed by atoms with E-state index in [2.05, 4.69) is 5.32 Å². The van der Waals surface area contributed by atoms with Crippen molar-refractivity contribution in [1.82, 2.24) is 5.32 Å². The number of hydrogen-bond donors (Lipinski definition) is 1. The summed E-state index contributed by atoms with van der Waals surface area (Å²) in [7, 11) is 0. The van der Waals surface area contributed by atoms with E-state index in [4.69, 9.17) is 4.74 Å². The van der Waals surface area contributed by atoms with E-state index in [0.717, 1.165) is 17.7 Å². The number of nitro groups is 1. The second-order valence-electron chi connectivity index (χ2n) is 6.73. The molecule has 0 spiro atoms. The molecule has 1 N–H and O–H groups in total. The first-order chi connectivity index (χ1) is 12.5. The lowest BCUT2D eigenvalue weighted by molar-refractivity contribution is -0.507. The Labute approximate surface area is 156 Å². The highest BCUT2D eigenvalue weighted by Gasteiger charge is 2.33. The molecule has 142 valence electrons. The van der Waals surface area contributed by atoms with Gasteiger partial charge in [0.1, 0.15) is 6.17 Å². The van der Waals surface area contributed by atoms with E-state index >= 15 is 0 Å². The number of nitrogens with one attached hydrogen (secondary N) is 1. The van der Waals surface area contributed by atoms with Crippen molar-refractivity contribution in [2.24, 2.45) is 0 Å². The van der Waals surface area contributed by atoms with Crippen molar-refractivity contribution in [3.8, 4) is 0 Å². The van der Waals surface area contributed by atoms with Gasteiger partial charge in [0, 0.05) is 29.7 Å². The van der Waals surface area contributed by atoms with Crippen molar-refractivity contribution in [2.45, 2.75) is 55.7 Å². The standard InChI is InChI=1S/C18H23FN2O4S/c19-13-4-6-15(7-5-13)26-17-8-3-12(10-16(17)21(23)24)18(22)20-11-14-2-1-9-25-14/h3,6,8,10,13-14,16-17H,1-2,4-5,7,9,11H2,(H,20,22). The Morgan fingerprint density at radius 1 is 1.46 bits per heavy atom. The molecule has 3 rings (SSSR count). The van der Waals surface area contributed by atoms with Crippen molar-refractivity contribution in [3.05, 3.63) is 44.9 Å². The molecule has 0 aromatic heterocycles. The predicted molar refractivity (Wildman–Crippen MR) is 98.2 cm³/mol. The van der Waals surface area contributed by atoms with Crippen LogP contribution in [-0.4, -0.2) is 47.5 Å².